The van der Waals surface area contributed by atoms with E-state index in [1.165, 1.54) is 0 Å². The Morgan fingerprint density at radius 3 is 2.32 bits per heavy atom. The SMILES string of the molecule is CC(C)CC(NC(=O)CCC(C)C1CCC2C3C(O)CC4CC(O)CCC4(C)C3CC(O)C12C)C(=O)O. The Morgan fingerprint density at radius 1 is 0.973 bits per heavy atom. The van der Waals surface area contributed by atoms with Crippen LogP contribution in [0.2, 0.25) is 0 Å². The third-order valence-corrected chi connectivity index (χ3v) is 11.7. The number of carbonyl (C=O) groups excluding carboxylic acids is 1. The smallest absolute Gasteiger partial charge is 0.326 e. The van der Waals surface area contributed by atoms with Crippen LogP contribution >= 0.6 is 0 Å². The first-order valence-corrected chi connectivity index (χ1v) is 14.8. The molecule has 212 valence electrons. The molecule has 7 heteroatoms. The molecule has 4 saturated carbocycles. The largest absolute Gasteiger partial charge is 0.480 e. The molecule has 4 aliphatic carbocycles. The highest BCUT2D eigenvalue weighted by Gasteiger charge is 2.65. The van der Waals surface area contributed by atoms with Gasteiger partial charge in [-0.15, -0.1) is 0 Å². The number of aliphatic hydroxyl groups is 3. The number of fused-ring (bicyclic) bond motifs is 5. The summed E-state index contributed by atoms with van der Waals surface area (Å²) in [6.45, 7) is 10.6. The zero-order chi connectivity index (χ0) is 27.3. The van der Waals surface area contributed by atoms with Crippen LogP contribution in [-0.2, 0) is 9.59 Å². The minimum Gasteiger partial charge on any atom is -0.480 e. The number of amides is 1. The quantitative estimate of drug-likeness (QED) is 0.329. The van der Waals surface area contributed by atoms with Gasteiger partial charge in [0.15, 0.2) is 0 Å². The maximum atomic E-state index is 12.6. The molecule has 4 fully saturated rings. The van der Waals surface area contributed by atoms with Crippen molar-refractivity contribution in [3.63, 3.8) is 0 Å². The minimum atomic E-state index is -0.990. The maximum absolute atomic E-state index is 12.6. The van der Waals surface area contributed by atoms with Gasteiger partial charge in [-0.05, 0) is 110 Å². The Balaban J connectivity index is 1.44. The van der Waals surface area contributed by atoms with Crippen molar-refractivity contribution in [2.45, 2.75) is 123 Å². The van der Waals surface area contributed by atoms with Gasteiger partial charge in [-0.1, -0.05) is 34.6 Å². The molecule has 1 amide bonds. The molecule has 0 aromatic carbocycles. The number of hydrogen-bond acceptors (Lipinski definition) is 5. The molecule has 4 aliphatic rings. The first kappa shape index (κ1) is 28.8. The van der Waals surface area contributed by atoms with E-state index in [4.69, 9.17) is 0 Å². The van der Waals surface area contributed by atoms with Gasteiger partial charge >= 0.3 is 5.97 Å². The number of aliphatic carboxylic acids is 1. The van der Waals surface area contributed by atoms with E-state index in [0.29, 0.717) is 25.2 Å². The average Bonchev–Trinajstić information content (AvgIpc) is 3.17. The summed E-state index contributed by atoms with van der Waals surface area (Å²) < 4.78 is 0. The number of nitrogens with one attached hydrogen (secondary N) is 1. The third-order valence-electron chi connectivity index (χ3n) is 11.7. The van der Waals surface area contributed by atoms with Gasteiger partial charge in [0.05, 0.1) is 18.3 Å². The van der Waals surface area contributed by atoms with Crippen molar-refractivity contribution in [2.75, 3.05) is 0 Å². The van der Waals surface area contributed by atoms with Gasteiger partial charge in [-0.2, -0.15) is 0 Å². The molecule has 0 bridgehead atoms. The molecule has 5 N–H and O–H groups in total. The molecule has 0 aliphatic heterocycles. The highest BCUT2D eigenvalue weighted by Crippen LogP contribution is 2.68. The topological polar surface area (TPSA) is 127 Å². The van der Waals surface area contributed by atoms with Crippen LogP contribution in [0, 0.1) is 52.3 Å². The predicted molar refractivity (Wildman–Crippen MR) is 141 cm³/mol. The lowest BCUT2D eigenvalue weighted by Crippen LogP contribution is -2.62. The zero-order valence-corrected chi connectivity index (χ0v) is 23.5. The van der Waals surface area contributed by atoms with E-state index in [9.17, 15) is 30.0 Å². The van der Waals surface area contributed by atoms with Crippen LogP contribution in [0.3, 0.4) is 0 Å². The summed E-state index contributed by atoms with van der Waals surface area (Å²) in [4.78, 5) is 24.2. The summed E-state index contributed by atoms with van der Waals surface area (Å²) in [6, 6.07) is -0.854. The Morgan fingerprint density at radius 2 is 1.68 bits per heavy atom. The highest BCUT2D eigenvalue weighted by atomic mass is 16.4. The summed E-state index contributed by atoms with van der Waals surface area (Å²) in [5.74, 6) is 0.466. The molecule has 4 rings (SSSR count). The van der Waals surface area contributed by atoms with Crippen molar-refractivity contribution >= 4 is 11.9 Å². The van der Waals surface area contributed by atoms with Crippen LogP contribution in [0.15, 0.2) is 0 Å². The van der Waals surface area contributed by atoms with Crippen LogP contribution in [-0.4, -0.2) is 56.7 Å². The lowest BCUT2D eigenvalue weighted by Gasteiger charge is -2.63. The molecular weight excluding hydrogens is 470 g/mol. The normalized spacial score (nSPS) is 44.9. The summed E-state index contributed by atoms with van der Waals surface area (Å²) in [6.07, 6.45) is 6.22. The van der Waals surface area contributed by atoms with Crippen molar-refractivity contribution in [2.24, 2.45) is 52.3 Å². The van der Waals surface area contributed by atoms with E-state index >= 15 is 0 Å². The van der Waals surface area contributed by atoms with E-state index in [1.54, 1.807) is 0 Å². The lowest BCUT2D eigenvalue weighted by molar-refractivity contribution is -0.207. The number of aliphatic hydroxyl groups excluding tert-OH is 3. The summed E-state index contributed by atoms with van der Waals surface area (Å²) in [7, 11) is 0. The second-order valence-corrected chi connectivity index (χ2v) is 14.1. The van der Waals surface area contributed by atoms with Crippen LogP contribution in [0.1, 0.15) is 98.8 Å². The molecule has 0 spiro atoms. The Bertz CT molecular complexity index is 848. The first-order chi connectivity index (χ1) is 17.3. The van der Waals surface area contributed by atoms with Crippen LogP contribution < -0.4 is 5.32 Å². The van der Waals surface area contributed by atoms with Crippen molar-refractivity contribution in [3.8, 4) is 0 Å². The van der Waals surface area contributed by atoms with E-state index in [2.05, 4.69) is 26.1 Å². The number of hydrogen-bond donors (Lipinski definition) is 5. The van der Waals surface area contributed by atoms with Gasteiger partial charge < -0.3 is 25.7 Å². The van der Waals surface area contributed by atoms with Crippen molar-refractivity contribution in [3.05, 3.63) is 0 Å². The molecule has 0 saturated heterocycles. The number of carboxylic acid groups (broad SMARTS) is 1. The Kier molecular flexibility index (Phi) is 8.39. The van der Waals surface area contributed by atoms with Crippen LogP contribution in [0.5, 0.6) is 0 Å². The van der Waals surface area contributed by atoms with Crippen molar-refractivity contribution in [1.82, 2.24) is 5.32 Å². The van der Waals surface area contributed by atoms with Gasteiger partial charge in [0.2, 0.25) is 5.91 Å². The van der Waals surface area contributed by atoms with E-state index in [0.717, 1.165) is 38.5 Å². The summed E-state index contributed by atoms with van der Waals surface area (Å²) in [5, 5.41) is 45.6. The molecule has 37 heavy (non-hydrogen) atoms. The monoisotopic (exact) mass is 521 g/mol. The number of carboxylic acids is 1. The number of rotatable bonds is 8. The maximum Gasteiger partial charge on any atom is 0.326 e. The zero-order valence-electron chi connectivity index (χ0n) is 23.5. The first-order valence-electron chi connectivity index (χ1n) is 14.8. The van der Waals surface area contributed by atoms with Crippen LogP contribution in [0.25, 0.3) is 0 Å². The Hall–Kier alpha value is -1.18. The van der Waals surface area contributed by atoms with E-state index in [1.807, 2.05) is 13.8 Å². The molecule has 0 heterocycles. The molecule has 0 aromatic heterocycles. The fraction of sp³-hybridized carbons (Fsp3) is 0.933. The second-order valence-electron chi connectivity index (χ2n) is 14.1. The average molecular weight is 522 g/mol. The summed E-state index contributed by atoms with van der Waals surface area (Å²) >= 11 is 0. The highest BCUT2D eigenvalue weighted by molar-refractivity contribution is 5.83. The Labute approximate surface area is 222 Å². The minimum absolute atomic E-state index is 0.0594. The third kappa shape index (κ3) is 5.21. The van der Waals surface area contributed by atoms with Crippen LogP contribution in [0.4, 0.5) is 0 Å². The lowest BCUT2D eigenvalue weighted by atomic mass is 9.43. The fourth-order valence-corrected chi connectivity index (χ4v) is 9.65. The standard InChI is InChI=1S/C30H51NO6/c1-16(2)12-23(28(36)37)31-26(35)9-6-17(3)20-7-8-21-27-22(15-25(34)30(20,21)5)29(4)11-10-19(32)13-18(29)14-24(27)33/h16-25,27,32-34H,6-15H2,1-5H3,(H,31,35)(H,36,37). The van der Waals surface area contributed by atoms with Gasteiger partial charge in [-0.25, -0.2) is 4.79 Å². The summed E-state index contributed by atoms with van der Waals surface area (Å²) in [5.41, 5.74) is -0.236. The second kappa shape index (κ2) is 10.8. The molecule has 12 atom stereocenters. The predicted octanol–water partition coefficient (Wildman–Crippen LogP) is 3.98. The molecule has 0 radical (unpaired) electrons. The molecule has 0 aromatic rings. The molecule has 12 unspecified atom stereocenters. The number of carbonyl (C=O) groups is 2. The molecule has 7 nitrogen and oxygen atoms in total. The molecular formula is C30H51NO6. The van der Waals surface area contributed by atoms with Crippen molar-refractivity contribution in [1.29, 1.82) is 0 Å². The fourth-order valence-electron chi connectivity index (χ4n) is 9.65. The van der Waals surface area contributed by atoms with Gasteiger partial charge in [0.25, 0.3) is 0 Å². The van der Waals surface area contributed by atoms with Gasteiger partial charge in [-0.3, -0.25) is 4.79 Å². The van der Waals surface area contributed by atoms with Crippen molar-refractivity contribution < 1.29 is 30.0 Å². The van der Waals surface area contributed by atoms with Gasteiger partial charge in [0, 0.05) is 6.42 Å². The van der Waals surface area contributed by atoms with E-state index < -0.39 is 18.1 Å². The van der Waals surface area contributed by atoms with Gasteiger partial charge in [0.1, 0.15) is 6.04 Å². The van der Waals surface area contributed by atoms with E-state index in [-0.39, 0.29) is 70.9 Å².